The van der Waals surface area contributed by atoms with Crippen molar-refractivity contribution in [1.29, 1.82) is 0 Å². The predicted molar refractivity (Wildman–Crippen MR) is 84.9 cm³/mol. The molecule has 2 atom stereocenters. The summed E-state index contributed by atoms with van der Waals surface area (Å²) < 4.78 is 5.55. The van der Waals surface area contributed by atoms with Crippen molar-refractivity contribution in [3.8, 4) is 0 Å². The molecule has 1 aliphatic carbocycles. The minimum absolute atomic E-state index is 0.0534. The third-order valence-corrected chi connectivity index (χ3v) is 3.89. The van der Waals surface area contributed by atoms with Gasteiger partial charge in [0.05, 0.1) is 12.7 Å². The van der Waals surface area contributed by atoms with Crippen molar-refractivity contribution in [2.24, 2.45) is 11.7 Å². The fourth-order valence-corrected chi connectivity index (χ4v) is 2.66. The Balaban J connectivity index is 1.86. The first-order valence-electron chi connectivity index (χ1n) is 7.81. The first-order valence-corrected chi connectivity index (χ1v) is 7.81. The van der Waals surface area contributed by atoms with E-state index < -0.39 is 0 Å². The topological polar surface area (TPSA) is 64.3 Å². The maximum absolute atomic E-state index is 12.2. The molecule has 0 aromatic heterocycles. The molecule has 0 radical (unpaired) electrons. The van der Waals surface area contributed by atoms with Crippen LogP contribution >= 0.6 is 0 Å². The molecule has 1 amide bonds. The third-order valence-electron chi connectivity index (χ3n) is 3.89. The van der Waals surface area contributed by atoms with E-state index in [0.29, 0.717) is 6.61 Å². The number of carbonyl (C=O) groups excluding carboxylic acids is 1. The number of anilines is 1. The molecule has 2 rings (SSSR count). The summed E-state index contributed by atoms with van der Waals surface area (Å²) in [4.78, 5) is 12.2. The van der Waals surface area contributed by atoms with Crippen molar-refractivity contribution in [2.45, 2.75) is 58.3 Å². The van der Waals surface area contributed by atoms with Gasteiger partial charge in [-0.25, -0.2) is 0 Å². The summed E-state index contributed by atoms with van der Waals surface area (Å²) in [5, 5.41) is 2.99. The fraction of sp³-hybridized carbons (Fsp3) is 0.588. The smallest absolute Gasteiger partial charge is 0.227 e. The Bertz CT molecular complexity index is 456. The zero-order valence-corrected chi connectivity index (χ0v) is 13.0. The highest BCUT2D eigenvalue weighted by molar-refractivity contribution is 5.92. The van der Waals surface area contributed by atoms with E-state index in [2.05, 4.69) is 5.32 Å². The molecule has 3 N–H and O–H groups in total. The van der Waals surface area contributed by atoms with E-state index in [0.717, 1.165) is 36.9 Å². The van der Waals surface area contributed by atoms with Crippen molar-refractivity contribution in [2.75, 3.05) is 5.32 Å². The van der Waals surface area contributed by atoms with Gasteiger partial charge in [0.2, 0.25) is 5.91 Å². The van der Waals surface area contributed by atoms with Gasteiger partial charge in [-0.05, 0) is 50.8 Å². The minimum Gasteiger partial charge on any atom is -0.374 e. The van der Waals surface area contributed by atoms with Gasteiger partial charge in [-0.1, -0.05) is 18.6 Å². The van der Waals surface area contributed by atoms with Gasteiger partial charge in [0, 0.05) is 17.6 Å². The van der Waals surface area contributed by atoms with Crippen molar-refractivity contribution in [1.82, 2.24) is 0 Å². The lowest BCUT2D eigenvalue weighted by Gasteiger charge is -2.25. The Morgan fingerprint density at radius 2 is 2.05 bits per heavy atom. The van der Waals surface area contributed by atoms with E-state index >= 15 is 0 Å². The Morgan fingerprint density at radius 3 is 2.67 bits per heavy atom. The van der Waals surface area contributed by atoms with E-state index in [1.807, 2.05) is 38.1 Å². The molecule has 1 aliphatic rings. The van der Waals surface area contributed by atoms with Crippen LogP contribution in [0.25, 0.3) is 0 Å². The number of benzene rings is 1. The highest BCUT2D eigenvalue weighted by Gasteiger charge is 2.25. The molecular weight excluding hydrogens is 264 g/mol. The van der Waals surface area contributed by atoms with Crippen molar-refractivity contribution < 1.29 is 9.53 Å². The molecule has 116 valence electrons. The van der Waals surface area contributed by atoms with Gasteiger partial charge in [0.15, 0.2) is 0 Å². The fourth-order valence-electron chi connectivity index (χ4n) is 2.66. The molecule has 4 nitrogen and oxygen atoms in total. The summed E-state index contributed by atoms with van der Waals surface area (Å²) in [7, 11) is 0. The Hall–Kier alpha value is -1.39. The predicted octanol–water partition coefficient (Wildman–Crippen LogP) is 3.07. The Morgan fingerprint density at radius 1 is 1.33 bits per heavy atom. The third kappa shape index (κ3) is 5.14. The van der Waals surface area contributed by atoms with Gasteiger partial charge in [-0.2, -0.15) is 0 Å². The largest absolute Gasteiger partial charge is 0.374 e. The molecule has 4 heteroatoms. The monoisotopic (exact) mass is 290 g/mol. The van der Waals surface area contributed by atoms with Crippen LogP contribution in [0.2, 0.25) is 0 Å². The summed E-state index contributed by atoms with van der Waals surface area (Å²) in [5.74, 6) is 0.147. The quantitative estimate of drug-likeness (QED) is 0.876. The lowest BCUT2D eigenvalue weighted by Crippen LogP contribution is -2.34. The molecule has 0 aliphatic heterocycles. The number of rotatable bonds is 5. The van der Waals surface area contributed by atoms with Crippen LogP contribution in [-0.2, 0) is 16.1 Å². The van der Waals surface area contributed by atoms with Crippen LogP contribution in [0.5, 0.6) is 0 Å². The normalized spacial score (nSPS) is 22.3. The molecule has 1 fully saturated rings. The van der Waals surface area contributed by atoms with Crippen LogP contribution in [0, 0.1) is 5.92 Å². The molecule has 0 saturated heterocycles. The summed E-state index contributed by atoms with van der Waals surface area (Å²) in [6.07, 6.45) is 4.05. The second-order valence-corrected chi connectivity index (χ2v) is 6.17. The molecule has 0 spiro atoms. The van der Waals surface area contributed by atoms with Gasteiger partial charge in [0.1, 0.15) is 0 Å². The van der Waals surface area contributed by atoms with E-state index in [9.17, 15) is 4.79 Å². The summed E-state index contributed by atoms with van der Waals surface area (Å²) in [6.45, 7) is 4.64. The van der Waals surface area contributed by atoms with Crippen LogP contribution < -0.4 is 11.1 Å². The maximum Gasteiger partial charge on any atom is 0.227 e. The highest BCUT2D eigenvalue weighted by atomic mass is 16.5. The summed E-state index contributed by atoms with van der Waals surface area (Å²) >= 11 is 0. The average molecular weight is 290 g/mol. The highest BCUT2D eigenvalue weighted by Crippen LogP contribution is 2.24. The Kier molecular flexibility index (Phi) is 5.76. The SMILES string of the molecule is CC(C)OCc1ccc(NC(=O)C2CCCC(N)C2)cc1. The Labute approximate surface area is 127 Å². The first-order chi connectivity index (χ1) is 10.0. The number of nitrogens with one attached hydrogen (secondary N) is 1. The van der Waals surface area contributed by atoms with E-state index in [1.54, 1.807) is 0 Å². The average Bonchev–Trinajstić information content (AvgIpc) is 2.46. The van der Waals surface area contributed by atoms with Gasteiger partial charge in [-0.3, -0.25) is 4.79 Å². The molecule has 1 aromatic rings. The van der Waals surface area contributed by atoms with Crippen LogP contribution in [-0.4, -0.2) is 18.1 Å². The number of ether oxygens (including phenoxy) is 1. The van der Waals surface area contributed by atoms with Crippen LogP contribution in [0.3, 0.4) is 0 Å². The molecule has 0 heterocycles. The van der Waals surface area contributed by atoms with Crippen LogP contribution in [0.1, 0.15) is 45.1 Å². The van der Waals surface area contributed by atoms with E-state index in [4.69, 9.17) is 10.5 Å². The number of carbonyl (C=O) groups is 1. The van der Waals surface area contributed by atoms with Gasteiger partial charge >= 0.3 is 0 Å². The van der Waals surface area contributed by atoms with Gasteiger partial charge in [0.25, 0.3) is 0 Å². The van der Waals surface area contributed by atoms with E-state index in [1.165, 1.54) is 0 Å². The standard InChI is InChI=1S/C17H26N2O2/c1-12(2)21-11-13-6-8-16(9-7-13)19-17(20)14-4-3-5-15(18)10-14/h6-9,12,14-15H,3-5,10-11,18H2,1-2H3,(H,19,20). The summed E-state index contributed by atoms with van der Waals surface area (Å²) in [5.41, 5.74) is 7.89. The number of hydrogen-bond donors (Lipinski definition) is 2. The molecule has 21 heavy (non-hydrogen) atoms. The van der Waals surface area contributed by atoms with Gasteiger partial charge in [-0.15, -0.1) is 0 Å². The number of nitrogens with two attached hydrogens (primary N) is 1. The van der Waals surface area contributed by atoms with Crippen molar-refractivity contribution in [3.63, 3.8) is 0 Å². The molecule has 1 saturated carbocycles. The zero-order chi connectivity index (χ0) is 15.2. The summed E-state index contributed by atoms with van der Waals surface area (Å²) in [6, 6.07) is 8.01. The molecule has 1 aromatic carbocycles. The first kappa shape index (κ1) is 16.0. The van der Waals surface area contributed by atoms with Crippen LogP contribution in [0.4, 0.5) is 5.69 Å². The number of hydrogen-bond acceptors (Lipinski definition) is 3. The molecular formula is C17H26N2O2. The van der Waals surface area contributed by atoms with E-state index in [-0.39, 0.29) is 24.0 Å². The second-order valence-electron chi connectivity index (χ2n) is 6.17. The van der Waals surface area contributed by atoms with Gasteiger partial charge < -0.3 is 15.8 Å². The lowest BCUT2D eigenvalue weighted by atomic mass is 9.85. The zero-order valence-electron chi connectivity index (χ0n) is 13.0. The molecule has 2 unspecified atom stereocenters. The minimum atomic E-state index is 0.0534. The van der Waals surface area contributed by atoms with Crippen molar-refractivity contribution in [3.05, 3.63) is 29.8 Å². The lowest BCUT2D eigenvalue weighted by molar-refractivity contribution is -0.120. The van der Waals surface area contributed by atoms with Crippen LogP contribution in [0.15, 0.2) is 24.3 Å². The second kappa shape index (κ2) is 7.57. The maximum atomic E-state index is 12.2. The number of amides is 1. The molecule has 0 bridgehead atoms. The van der Waals surface area contributed by atoms with Crippen molar-refractivity contribution >= 4 is 11.6 Å².